The van der Waals surface area contributed by atoms with Crippen LogP contribution in [0.15, 0.2) is 47.8 Å². The average molecular weight is 321 g/mol. The number of anilines is 2. The van der Waals surface area contributed by atoms with Crippen LogP contribution in [-0.4, -0.2) is 25.5 Å². The molecule has 7 heteroatoms. The van der Waals surface area contributed by atoms with Crippen LogP contribution in [0, 0.1) is 13.8 Å². The van der Waals surface area contributed by atoms with Gasteiger partial charge in [-0.25, -0.2) is 14.6 Å². The van der Waals surface area contributed by atoms with E-state index in [1.807, 2.05) is 51.1 Å². The summed E-state index contributed by atoms with van der Waals surface area (Å²) >= 11 is 0. The van der Waals surface area contributed by atoms with Crippen molar-refractivity contribution in [2.24, 2.45) is 5.10 Å². The van der Waals surface area contributed by atoms with Gasteiger partial charge in [0.15, 0.2) is 11.6 Å². The Balaban J connectivity index is 1.82. The minimum Gasteiger partial charge on any atom is -0.399 e. The molecule has 0 spiro atoms. The van der Waals surface area contributed by atoms with Crippen molar-refractivity contribution >= 4 is 17.2 Å². The largest absolute Gasteiger partial charge is 0.399 e. The van der Waals surface area contributed by atoms with Crippen molar-refractivity contribution < 1.29 is 0 Å². The van der Waals surface area contributed by atoms with Gasteiger partial charge in [-0.3, -0.25) is 5.43 Å². The Kier molecular flexibility index (Phi) is 4.24. The molecule has 2 aromatic heterocycles. The van der Waals surface area contributed by atoms with E-state index in [1.165, 1.54) is 6.33 Å². The first-order chi connectivity index (χ1) is 11.5. The van der Waals surface area contributed by atoms with Crippen LogP contribution < -0.4 is 11.2 Å². The zero-order valence-corrected chi connectivity index (χ0v) is 13.9. The van der Waals surface area contributed by atoms with Gasteiger partial charge in [-0.2, -0.15) is 10.2 Å². The van der Waals surface area contributed by atoms with E-state index in [1.54, 1.807) is 10.7 Å². The molecule has 1 aromatic carbocycles. The molecule has 0 aliphatic rings. The number of hydrazone groups is 1. The summed E-state index contributed by atoms with van der Waals surface area (Å²) in [6, 6.07) is 11.4. The highest BCUT2D eigenvalue weighted by Crippen LogP contribution is 2.13. The third-order valence-corrected chi connectivity index (χ3v) is 3.52. The highest BCUT2D eigenvalue weighted by Gasteiger charge is 2.06. The molecule has 3 aromatic rings. The normalized spacial score (nSPS) is 11.5. The summed E-state index contributed by atoms with van der Waals surface area (Å²) in [7, 11) is 0. The molecule has 0 bridgehead atoms. The maximum Gasteiger partial charge on any atom is 0.159 e. The standard InChI is InChI=1S/C17H19N7/c1-11-7-12(2)24(23-11)17-9-16(19-10-20-17)22-21-13(3)14-5-4-6-15(18)8-14/h4-10H,18H2,1-3H3,(H,19,20,22). The predicted octanol–water partition coefficient (Wildman–Crippen LogP) is 2.70. The maximum atomic E-state index is 5.80. The molecular weight excluding hydrogens is 302 g/mol. The van der Waals surface area contributed by atoms with Crippen LogP contribution in [0.4, 0.5) is 11.5 Å². The summed E-state index contributed by atoms with van der Waals surface area (Å²) in [4.78, 5) is 8.45. The van der Waals surface area contributed by atoms with Gasteiger partial charge in [-0.05, 0) is 44.5 Å². The van der Waals surface area contributed by atoms with Crippen LogP contribution in [0.2, 0.25) is 0 Å². The van der Waals surface area contributed by atoms with Crippen LogP contribution in [0.5, 0.6) is 0 Å². The van der Waals surface area contributed by atoms with Gasteiger partial charge in [-0.15, -0.1) is 0 Å². The second-order valence-electron chi connectivity index (χ2n) is 5.53. The van der Waals surface area contributed by atoms with E-state index in [0.717, 1.165) is 22.7 Å². The molecule has 0 radical (unpaired) electrons. The fraction of sp³-hybridized carbons (Fsp3) is 0.176. The molecule has 0 saturated carbocycles. The van der Waals surface area contributed by atoms with Gasteiger partial charge in [0, 0.05) is 17.4 Å². The monoisotopic (exact) mass is 321 g/mol. The molecule has 0 unspecified atom stereocenters. The summed E-state index contributed by atoms with van der Waals surface area (Å²) in [5, 5.41) is 8.78. The van der Waals surface area contributed by atoms with E-state index < -0.39 is 0 Å². The SMILES string of the molecule is CC(=NNc1cc(-n2nc(C)cc2C)ncn1)c1cccc(N)c1. The van der Waals surface area contributed by atoms with Gasteiger partial charge >= 0.3 is 0 Å². The maximum absolute atomic E-state index is 5.80. The summed E-state index contributed by atoms with van der Waals surface area (Å²) < 4.78 is 1.77. The van der Waals surface area contributed by atoms with Crippen LogP contribution in [-0.2, 0) is 0 Å². The lowest BCUT2D eigenvalue weighted by Gasteiger charge is -2.06. The number of benzene rings is 1. The van der Waals surface area contributed by atoms with Crippen LogP contribution >= 0.6 is 0 Å². The smallest absolute Gasteiger partial charge is 0.159 e. The Morgan fingerprint density at radius 2 is 2.00 bits per heavy atom. The van der Waals surface area contributed by atoms with Gasteiger partial charge in [0.25, 0.3) is 0 Å². The highest BCUT2D eigenvalue weighted by molar-refractivity contribution is 5.99. The number of hydrogen-bond acceptors (Lipinski definition) is 6. The van der Waals surface area contributed by atoms with Crippen molar-refractivity contribution in [2.75, 3.05) is 11.2 Å². The number of hydrogen-bond donors (Lipinski definition) is 2. The first-order valence-corrected chi connectivity index (χ1v) is 7.55. The minimum atomic E-state index is 0.593. The molecular formula is C17H19N7. The molecule has 3 rings (SSSR count). The average Bonchev–Trinajstić information content (AvgIpc) is 2.91. The molecule has 0 fully saturated rings. The molecule has 0 aliphatic carbocycles. The molecule has 3 N–H and O–H groups in total. The predicted molar refractivity (Wildman–Crippen MR) is 95.3 cm³/mol. The number of aromatic nitrogens is 4. The molecule has 0 aliphatic heterocycles. The fourth-order valence-electron chi connectivity index (χ4n) is 2.35. The Labute approximate surface area is 140 Å². The molecule has 0 atom stereocenters. The van der Waals surface area contributed by atoms with E-state index in [-0.39, 0.29) is 0 Å². The highest BCUT2D eigenvalue weighted by atomic mass is 15.3. The minimum absolute atomic E-state index is 0.593. The number of nitrogens with one attached hydrogen (secondary N) is 1. The Morgan fingerprint density at radius 1 is 1.17 bits per heavy atom. The van der Waals surface area contributed by atoms with Crippen LogP contribution in [0.25, 0.3) is 5.82 Å². The number of nitrogens with two attached hydrogens (primary N) is 1. The van der Waals surface area contributed by atoms with E-state index in [9.17, 15) is 0 Å². The molecule has 0 saturated heterocycles. The lowest BCUT2D eigenvalue weighted by Crippen LogP contribution is -2.05. The second kappa shape index (κ2) is 6.49. The van der Waals surface area contributed by atoms with Crippen molar-refractivity contribution in [2.45, 2.75) is 20.8 Å². The summed E-state index contributed by atoms with van der Waals surface area (Å²) in [5.41, 5.74) is 13.2. The molecule has 2 heterocycles. The van der Waals surface area contributed by atoms with E-state index in [4.69, 9.17) is 5.73 Å². The number of nitrogen functional groups attached to an aromatic ring is 1. The van der Waals surface area contributed by atoms with Crippen molar-refractivity contribution in [1.82, 2.24) is 19.7 Å². The Hall–Kier alpha value is -3.22. The van der Waals surface area contributed by atoms with Crippen molar-refractivity contribution in [1.29, 1.82) is 0 Å². The molecule has 7 nitrogen and oxygen atoms in total. The summed E-state index contributed by atoms with van der Waals surface area (Å²) in [6.45, 7) is 5.84. The zero-order valence-electron chi connectivity index (χ0n) is 13.9. The third kappa shape index (κ3) is 3.40. The third-order valence-electron chi connectivity index (χ3n) is 3.52. The van der Waals surface area contributed by atoms with E-state index in [0.29, 0.717) is 17.3 Å². The van der Waals surface area contributed by atoms with Crippen LogP contribution in [0.1, 0.15) is 23.9 Å². The zero-order chi connectivity index (χ0) is 17.1. The van der Waals surface area contributed by atoms with Gasteiger partial charge < -0.3 is 5.73 Å². The fourth-order valence-corrected chi connectivity index (χ4v) is 2.35. The number of nitrogens with zero attached hydrogens (tertiary/aromatic N) is 5. The summed E-state index contributed by atoms with van der Waals surface area (Å²) in [5.74, 6) is 1.28. The van der Waals surface area contributed by atoms with Gasteiger partial charge in [0.05, 0.1) is 11.4 Å². The van der Waals surface area contributed by atoms with Crippen molar-refractivity contribution in [3.05, 3.63) is 59.7 Å². The molecule has 122 valence electrons. The van der Waals surface area contributed by atoms with Crippen molar-refractivity contribution in [3.8, 4) is 5.82 Å². The lowest BCUT2D eigenvalue weighted by atomic mass is 10.1. The number of rotatable bonds is 4. The Morgan fingerprint density at radius 3 is 2.71 bits per heavy atom. The van der Waals surface area contributed by atoms with E-state index in [2.05, 4.69) is 25.6 Å². The topological polar surface area (TPSA) is 94.0 Å². The summed E-state index contributed by atoms with van der Waals surface area (Å²) in [6.07, 6.45) is 1.49. The second-order valence-corrected chi connectivity index (χ2v) is 5.53. The molecule has 24 heavy (non-hydrogen) atoms. The molecule has 0 amide bonds. The van der Waals surface area contributed by atoms with Gasteiger partial charge in [0.1, 0.15) is 6.33 Å². The van der Waals surface area contributed by atoms with Crippen molar-refractivity contribution in [3.63, 3.8) is 0 Å². The quantitative estimate of drug-likeness (QED) is 0.438. The Bertz CT molecular complexity index is 895. The van der Waals surface area contributed by atoms with Crippen LogP contribution in [0.3, 0.4) is 0 Å². The van der Waals surface area contributed by atoms with E-state index >= 15 is 0 Å². The lowest BCUT2D eigenvalue weighted by molar-refractivity contribution is 0.801. The van der Waals surface area contributed by atoms with Gasteiger partial charge in [0.2, 0.25) is 0 Å². The van der Waals surface area contributed by atoms with Gasteiger partial charge in [-0.1, -0.05) is 12.1 Å². The number of aryl methyl sites for hydroxylation is 2. The first-order valence-electron chi connectivity index (χ1n) is 7.55. The first kappa shape index (κ1) is 15.7.